The molecule has 1 aromatic carbocycles. The van der Waals surface area contributed by atoms with Gasteiger partial charge in [-0.2, -0.15) is 0 Å². The van der Waals surface area contributed by atoms with E-state index < -0.39 is 5.41 Å². The van der Waals surface area contributed by atoms with Crippen molar-refractivity contribution in [2.45, 2.75) is 20.8 Å². The maximum Gasteiger partial charge on any atom is 0.229 e. The molecule has 0 saturated carbocycles. The molecule has 2 N–H and O–H groups in total. The molecule has 0 aliphatic heterocycles. The van der Waals surface area contributed by atoms with Gasteiger partial charge in [-0.1, -0.05) is 12.1 Å². The normalized spacial score (nSPS) is 10.7. The molecule has 114 valence electrons. The fourth-order valence-corrected chi connectivity index (χ4v) is 1.71. The molecule has 0 fully saturated rings. The van der Waals surface area contributed by atoms with Gasteiger partial charge in [0.2, 0.25) is 5.91 Å². The van der Waals surface area contributed by atoms with E-state index in [1.807, 2.05) is 45.0 Å². The van der Waals surface area contributed by atoms with Gasteiger partial charge in [-0.15, -0.1) is 12.4 Å². The highest BCUT2D eigenvalue weighted by molar-refractivity contribution is 5.85. The highest BCUT2D eigenvalue weighted by Gasteiger charge is 2.28. The Morgan fingerprint density at radius 3 is 2.60 bits per heavy atom. The molecular weight excluding hydrogens is 276 g/mol. The first-order chi connectivity index (χ1) is 8.86. The quantitative estimate of drug-likeness (QED) is 0.876. The van der Waals surface area contributed by atoms with Gasteiger partial charge in [-0.05, 0) is 38.5 Å². The summed E-state index contributed by atoms with van der Waals surface area (Å²) in [4.78, 5) is 13.8. The molecule has 4 nitrogen and oxygen atoms in total. The molecule has 1 aromatic rings. The molecule has 0 aromatic heterocycles. The number of ether oxygens (including phenoxy) is 1. The van der Waals surface area contributed by atoms with Gasteiger partial charge in [0.1, 0.15) is 12.4 Å². The number of carbonyl (C=O) groups excluding carboxylic acids is 1. The van der Waals surface area contributed by atoms with Crippen LogP contribution in [0.2, 0.25) is 0 Å². The smallest absolute Gasteiger partial charge is 0.229 e. The van der Waals surface area contributed by atoms with E-state index in [1.165, 1.54) is 0 Å². The van der Waals surface area contributed by atoms with Gasteiger partial charge < -0.3 is 15.4 Å². The molecule has 0 radical (unpaired) electrons. The number of carbonyl (C=O) groups is 1. The van der Waals surface area contributed by atoms with Gasteiger partial charge >= 0.3 is 0 Å². The van der Waals surface area contributed by atoms with Crippen LogP contribution in [0.1, 0.15) is 19.4 Å². The summed E-state index contributed by atoms with van der Waals surface area (Å²) in [7, 11) is 1.78. The molecule has 0 atom stereocenters. The maximum atomic E-state index is 12.1. The van der Waals surface area contributed by atoms with Crippen molar-refractivity contribution in [2.24, 2.45) is 11.1 Å². The molecule has 1 amide bonds. The van der Waals surface area contributed by atoms with Crippen LogP contribution in [0.15, 0.2) is 24.3 Å². The third kappa shape index (κ3) is 5.39. The number of hydrogen-bond donors (Lipinski definition) is 1. The molecule has 0 aliphatic carbocycles. The van der Waals surface area contributed by atoms with Gasteiger partial charge in [0.25, 0.3) is 0 Å². The second-order valence-electron chi connectivity index (χ2n) is 5.48. The van der Waals surface area contributed by atoms with Crippen molar-refractivity contribution in [3.63, 3.8) is 0 Å². The third-order valence-corrected chi connectivity index (χ3v) is 3.12. The second kappa shape index (κ2) is 8.12. The Bertz CT molecular complexity index is 436. The number of nitrogens with two attached hydrogens (primary N) is 1. The molecule has 1 rings (SSSR count). The average Bonchev–Trinajstić information content (AvgIpc) is 2.37. The van der Waals surface area contributed by atoms with E-state index in [0.29, 0.717) is 19.7 Å². The van der Waals surface area contributed by atoms with Crippen LogP contribution in [0.5, 0.6) is 5.75 Å². The topological polar surface area (TPSA) is 55.6 Å². The van der Waals surface area contributed by atoms with Gasteiger partial charge in [-0.25, -0.2) is 0 Å². The summed E-state index contributed by atoms with van der Waals surface area (Å²) in [5, 5.41) is 0. The first kappa shape index (κ1) is 18.7. The molecular formula is C15H25ClN2O2. The summed E-state index contributed by atoms with van der Waals surface area (Å²) in [6, 6.07) is 7.87. The SMILES string of the molecule is Cc1cccc(OCCN(C)C(=O)C(C)(C)CN)c1.Cl. The Morgan fingerprint density at radius 2 is 2.05 bits per heavy atom. The fraction of sp³-hybridized carbons (Fsp3) is 0.533. The van der Waals surface area contributed by atoms with Gasteiger partial charge in [0, 0.05) is 13.6 Å². The van der Waals surface area contributed by atoms with Crippen molar-refractivity contribution in [1.82, 2.24) is 4.90 Å². The lowest BCUT2D eigenvalue weighted by Gasteiger charge is -2.28. The highest BCUT2D eigenvalue weighted by atomic mass is 35.5. The molecule has 0 unspecified atom stereocenters. The summed E-state index contributed by atoms with van der Waals surface area (Å²) < 4.78 is 5.63. The summed E-state index contributed by atoms with van der Waals surface area (Å²) in [5.74, 6) is 0.877. The largest absolute Gasteiger partial charge is 0.492 e. The number of benzene rings is 1. The number of rotatable bonds is 6. The summed E-state index contributed by atoms with van der Waals surface area (Å²) in [5.41, 5.74) is 6.25. The Balaban J connectivity index is 0.00000361. The van der Waals surface area contributed by atoms with Crippen LogP contribution in [-0.4, -0.2) is 37.6 Å². The number of halogens is 1. The van der Waals surface area contributed by atoms with Crippen molar-refractivity contribution >= 4 is 18.3 Å². The zero-order chi connectivity index (χ0) is 14.5. The number of amides is 1. The highest BCUT2D eigenvalue weighted by Crippen LogP contribution is 2.16. The predicted octanol–water partition coefficient (Wildman–Crippen LogP) is 2.24. The minimum atomic E-state index is -0.516. The first-order valence-corrected chi connectivity index (χ1v) is 6.52. The minimum absolute atomic E-state index is 0. The zero-order valence-corrected chi connectivity index (χ0v) is 13.5. The minimum Gasteiger partial charge on any atom is -0.492 e. The Hall–Kier alpha value is -1.26. The van der Waals surface area contributed by atoms with Crippen LogP contribution >= 0.6 is 12.4 Å². The summed E-state index contributed by atoms with van der Waals surface area (Å²) in [6.45, 7) is 7.10. The monoisotopic (exact) mass is 300 g/mol. The van der Waals surface area contributed by atoms with E-state index >= 15 is 0 Å². The van der Waals surface area contributed by atoms with Crippen LogP contribution in [-0.2, 0) is 4.79 Å². The Morgan fingerprint density at radius 1 is 1.40 bits per heavy atom. The fourth-order valence-electron chi connectivity index (χ4n) is 1.71. The van der Waals surface area contributed by atoms with Gasteiger partial charge in [0.15, 0.2) is 0 Å². The van der Waals surface area contributed by atoms with Crippen LogP contribution in [0.25, 0.3) is 0 Å². The van der Waals surface area contributed by atoms with Crippen molar-refractivity contribution in [3.05, 3.63) is 29.8 Å². The predicted molar refractivity (Wildman–Crippen MR) is 84.4 cm³/mol. The second-order valence-corrected chi connectivity index (χ2v) is 5.48. The van der Waals surface area contributed by atoms with E-state index in [2.05, 4.69) is 0 Å². The number of aryl methyl sites for hydroxylation is 1. The average molecular weight is 301 g/mol. The van der Waals surface area contributed by atoms with E-state index in [9.17, 15) is 4.79 Å². The third-order valence-electron chi connectivity index (χ3n) is 3.12. The number of hydrogen-bond acceptors (Lipinski definition) is 3. The molecule has 0 heterocycles. The van der Waals surface area contributed by atoms with Crippen molar-refractivity contribution < 1.29 is 9.53 Å². The molecule has 0 saturated heterocycles. The van der Waals surface area contributed by atoms with E-state index in [1.54, 1.807) is 11.9 Å². The summed E-state index contributed by atoms with van der Waals surface area (Å²) in [6.07, 6.45) is 0. The van der Waals surface area contributed by atoms with Crippen LogP contribution < -0.4 is 10.5 Å². The lowest BCUT2D eigenvalue weighted by atomic mass is 9.92. The van der Waals surface area contributed by atoms with Crippen LogP contribution in [0.3, 0.4) is 0 Å². The van der Waals surface area contributed by atoms with Crippen LogP contribution in [0, 0.1) is 12.3 Å². The number of likely N-dealkylation sites (N-methyl/N-ethyl adjacent to an activating group) is 1. The maximum absolute atomic E-state index is 12.1. The van der Waals surface area contributed by atoms with Crippen LogP contribution in [0.4, 0.5) is 0 Å². The lowest BCUT2D eigenvalue weighted by molar-refractivity contribution is -0.138. The van der Waals surface area contributed by atoms with Crippen molar-refractivity contribution in [3.8, 4) is 5.75 Å². The van der Waals surface area contributed by atoms with Gasteiger partial charge in [-0.3, -0.25) is 4.79 Å². The van der Waals surface area contributed by atoms with E-state index in [-0.39, 0.29) is 18.3 Å². The van der Waals surface area contributed by atoms with Crippen molar-refractivity contribution in [1.29, 1.82) is 0 Å². The Labute approximate surface area is 127 Å². The van der Waals surface area contributed by atoms with E-state index in [0.717, 1.165) is 11.3 Å². The van der Waals surface area contributed by atoms with Gasteiger partial charge in [0.05, 0.1) is 12.0 Å². The molecule has 0 spiro atoms. The summed E-state index contributed by atoms with van der Waals surface area (Å²) >= 11 is 0. The lowest BCUT2D eigenvalue weighted by Crippen LogP contribution is -2.44. The molecule has 0 aliphatic rings. The molecule has 5 heteroatoms. The molecule has 20 heavy (non-hydrogen) atoms. The molecule has 0 bridgehead atoms. The van der Waals surface area contributed by atoms with Crippen molar-refractivity contribution in [2.75, 3.05) is 26.7 Å². The standard InChI is InChI=1S/C15H24N2O2.ClH/c1-12-6-5-7-13(10-12)19-9-8-17(4)14(18)15(2,3)11-16;/h5-7,10H,8-9,11,16H2,1-4H3;1H. The van der Waals surface area contributed by atoms with E-state index in [4.69, 9.17) is 10.5 Å². The zero-order valence-electron chi connectivity index (χ0n) is 12.7. The Kier molecular flexibility index (Phi) is 7.61. The first-order valence-electron chi connectivity index (χ1n) is 6.52. The number of nitrogens with zero attached hydrogens (tertiary/aromatic N) is 1.